The molecule has 124 valence electrons. The van der Waals surface area contributed by atoms with Gasteiger partial charge in [-0.2, -0.15) is 4.68 Å². The zero-order chi connectivity index (χ0) is 17.2. The summed E-state index contributed by atoms with van der Waals surface area (Å²) in [6.45, 7) is 0. The summed E-state index contributed by atoms with van der Waals surface area (Å²) in [7, 11) is -3.22. The molecule has 1 heterocycles. The highest BCUT2D eigenvalue weighted by molar-refractivity contribution is 9.10. The van der Waals surface area contributed by atoms with Gasteiger partial charge in [-0.05, 0) is 62.8 Å². The number of hydrogen-bond acceptors (Lipinski definition) is 6. The van der Waals surface area contributed by atoms with Crippen LogP contribution in [0.2, 0.25) is 0 Å². The number of hydrogen-bond donors (Lipinski definition) is 0. The number of aromatic nitrogens is 4. The third kappa shape index (κ3) is 3.85. The Balaban J connectivity index is 1.82. The molecule has 0 unspecified atom stereocenters. The van der Waals surface area contributed by atoms with Crippen LogP contribution in [0.5, 0.6) is 0 Å². The Bertz CT molecular complexity index is 956. The summed E-state index contributed by atoms with van der Waals surface area (Å²) < 4.78 is 25.7. The van der Waals surface area contributed by atoms with Crippen LogP contribution in [-0.4, -0.2) is 34.9 Å². The zero-order valence-corrected chi connectivity index (χ0v) is 15.8. The maximum absolute atomic E-state index is 11.5. The van der Waals surface area contributed by atoms with Crippen LogP contribution in [0.3, 0.4) is 0 Å². The van der Waals surface area contributed by atoms with E-state index in [0.29, 0.717) is 11.6 Å². The average Bonchev–Trinajstić information content (AvgIpc) is 3.02. The molecule has 0 aliphatic carbocycles. The highest BCUT2D eigenvalue weighted by Crippen LogP contribution is 2.29. The molecule has 6 nitrogen and oxygen atoms in total. The first-order valence-electron chi connectivity index (χ1n) is 6.90. The molecule has 2 aromatic carbocycles. The third-order valence-electron chi connectivity index (χ3n) is 3.24. The minimum atomic E-state index is -3.22. The second-order valence-electron chi connectivity index (χ2n) is 4.99. The van der Waals surface area contributed by atoms with Crippen molar-refractivity contribution >= 4 is 37.5 Å². The normalized spacial score (nSPS) is 11.6. The standard InChI is InChI=1S/C15H13BrN4O2S2/c1-24(21,22)12-8-6-11(7-9-12)20-15(17-18-19-20)10-23-14-5-3-2-4-13(14)16/h2-9H,10H2,1H3. The Kier molecular flexibility index (Phi) is 5.02. The molecule has 0 atom stereocenters. The van der Waals surface area contributed by atoms with E-state index in [1.165, 1.54) is 6.26 Å². The van der Waals surface area contributed by atoms with E-state index in [4.69, 9.17) is 0 Å². The van der Waals surface area contributed by atoms with E-state index < -0.39 is 9.84 Å². The van der Waals surface area contributed by atoms with E-state index in [2.05, 4.69) is 31.5 Å². The van der Waals surface area contributed by atoms with E-state index in [1.54, 1.807) is 40.7 Å². The molecule has 3 rings (SSSR count). The van der Waals surface area contributed by atoms with Crippen molar-refractivity contribution in [2.45, 2.75) is 15.5 Å². The molecule has 1 aromatic heterocycles. The van der Waals surface area contributed by atoms with Gasteiger partial charge in [0.15, 0.2) is 15.7 Å². The molecule has 0 N–H and O–H groups in total. The van der Waals surface area contributed by atoms with Gasteiger partial charge in [0, 0.05) is 15.6 Å². The SMILES string of the molecule is CS(=O)(=O)c1ccc(-n2nnnc2CSc2ccccc2Br)cc1. The summed E-state index contributed by atoms with van der Waals surface area (Å²) in [6, 6.07) is 14.4. The lowest BCUT2D eigenvalue weighted by molar-refractivity contribution is 0.602. The summed E-state index contributed by atoms with van der Waals surface area (Å²) in [6.07, 6.45) is 1.18. The van der Waals surface area contributed by atoms with Crippen molar-refractivity contribution in [3.63, 3.8) is 0 Å². The molecule has 9 heteroatoms. The van der Waals surface area contributed by atoms with Crippen molar-refractivity contribution in [3.8, 4) is 5.69 Å². The first-order valence-corrected chi connectivity index (χ1v) is 10.6. The molecule has 24 heavy (non-hydrogen) atoms. The molecule has 0 bridgehead atoms. The number of thioether (sulfide) groups is 1. The number of benzene rings is 2. The van der Waals surface area contributed by atoms with Crippen molar-refractivity contribution in [3.05, 3.63) is 58.8 Å². The zero-order valence-electron chi connectivity index (χ0n) is 12.6. The first-order chi connectivity index (χ1) is 11.4. The fourth-order valence-electron chi connectivity index (χ4n) is 2.03. The molecule has 3 aromatic rings. The van der Waals surface area contributed by atoms with Gasteiger partial charge in [-0.3, -0.25) is 0 Å². The topological polar surface area (TPSA) is 77.7 Å². The van der Waals surface area contributed by atoms with Crippen molar-refractivity contribution in [1.82, 2.24) is 20.2 Å². The van der Waals surface area contributed by atoms with Crippen molar-refractivity contribution in [2.75, 3.05) is 6.26 Å². The minimum absolute atomic E-state index is 0.267. The monoisotopic (exact) mass is 424 g/mol. The second-order valence-corrected chi connectivity index (χ2v) is 8.88. The number of sulfone groups is 1. The Morgan fingerprint density at radius 3 is 2.50 bits per heavy atom. The molecule has 0 aliphatic heterocycles. The Morgan fingerprint density at radius 2 is 1.83 bits per heavy atom. The van der Waals surface area contributed by atoms with Crippen LogP contribution in [0.15, 0.2) is 62.8 Å². The number of tetrazole rings is 1. The van der Waals surface area contributed by atoms with Gasteiger partial charge in [0.1, 0.15) is 0 Å². The fraction of sp³-hybridized carbons (Fsp3) is 0.133. The summed E-state index contributed by atoms with van der Waals surface area (Å²) in [5.74, 6) is 1.27. The lowest BCUT2D eigenvalue weighted by atomic mass is 10.3. The van der Waals surface area contributed by atoms with Crippen molar-refractivity contribution < 1.29 is 8.42 Å². The van der Waals surface area contributed by atoms with E-state index in [9.17, 15) is 8.42 Å². The predicted octanol–water partition coefficient (Wildman–Crippen LogP) is 3.12. The maximum Gasteiger partial charge on any atom is 0.175 e. The van der Waals surface area contributed by atoms with Crippen molar-refractivity contribution in [2.24, 2.45) is 0 Å². The predicted molar refractivity (Wildman–Crippen MR) is 96.0 cm³/mol. The molecule has 0 aliphatic rings. The molecule has 0 spiro atoms. The van der Waals surface area contributed by atoms with Gasteiger partial charge >= 0.3 is 0 Å². The summed E-state index contributed by atoms with van der Waals surface area (Å²) in [4.78, 5) is 1.36. The van der Waals surface area contributed by atoms with Gasteiger partial charge in [-0.15, -0.1) is 16.9 Å². The van der Waals surface area contributed by atoms with Crippen molar-refractivity contribution in [1.29, 1.82) is 0 Å². The molecule has 0 fully saturated rings. The largest absolute Gasteiger partial charge is 0.224 e. The summed E-state index contributed by atoms with van der Waals surface area (Å²) in [5.41, 5.74) is 0.718. The van der Waals surface area contributed by atoms with E-state index >= 15 is 0 Å². The molecule has 0 amide bonds. The Labute approximate surface area is 152 Å². The van der Waals surface area contributed by atoms with Gasteiger partial charge in [-0.25, -0.2) is 8.42 Å². The van der Waals surface area contributed by atoms with Crippen LogP contribution < -0.4 is 0 Å². The molecular weight excluding hydrogens is 412 g/mol. The molecule has 0 saturated heterocycles. The molecular formula is C15H13BrN4O2S2. The van der Waals surface area contributed by atoms with Crippen LogP contribution in [-0.2, 0) is 15.6 Å². The highest BCUT2D eigenvalue weighted by Gasteiger charge is 2.12. The lowest BCUT2D eigenvalue weighted by Gasteiger charge is -2.06. The van der Waals surface area contributed by atoms with E-state index in [0.717, 1.165) is 15.1 Å². The van der Waals surface area contributed by atoms with Crippen LogP contribution >= 0.6 is 27.7 Å². The van der Waals surface area contributed by atoms with Gasteiger partial charge in [0.05, 0.1) is 16.3 Å². The van der Waals surface area contributed by atoms with E-state index in [1.807, 2.05) is 24.3 Å². The van der Waals surface area contributed by atoms with Gasteiger partial charge in [0.2, 0.25) is 0 Å². The third-order valence-corrected chi connectivity index (χ3v) is 6.39. The smallest absolute Gasteiger partial charge is 0.175 e. The highest BCUT2D eigenvalue weighted by atomic mass is 79.9. The fourth-order valence-corrected chi connectivity index (χ4v) is 4.14. The summed E-state index contributed by atoms with van der Waals surface area (Å²) in [5, 5.41) is 11.8. The van der Waals surface area contributed by atoms with Gasteiger partial charge < -0.3 is 0 Å². The van der Waals surface area contributed by atoms with Crippen LogP contribution in [0.25, 0.3) is 5.69 Å². The first kappa shape index (κ1) is 17.1. The van der Waals surface area contributed by atoms with Crippen LogP contribution in [0.1, 0.15) is 5.82 Å². The number of halogens is 1. The average molecular weight is 425 g/mol. The van der Waals surface area contributed by atoms with Gasteiger partial charge in [-0.1, -0.05) is 12.1 Å². The number of rotatable bonds is 5. The van der Waals surface area contributed by atoms with Crippen LogP contribution in [0.4, 0.5) is 0 Å². The Morgan fingerprint density at radius 1 is 1.12 bits per heavy atom. The van der Waals surface area contributed by atoms with E-state index in [-0.39, 0.29) is 4.90 Å². The Hall–Kier alpha value is -1.71. The van der Waals surface area contributed by atoms with Crippen LogP contribution in [0, 0.1) is 0 Å². The lowest BCUT2D eigenvalue weighted by Crippen LogP contribution is -2.03. The van der Waals surface area contributed by atoms with Gasteiger partial charge in [0.25, 0.3) is 0 Å². The second kappa shape index (κ2) is 7.04. The quantitative estimate of drug-likeness (QED) is 0.585. The molecule has 0 radical (unpaired) electrons. The number of nitrogens with zero attached hydrogens (tertiary/aromatic N) is 4. The molecule has 0 saturated carbocycles. The maximum atomic E-state index is 11.5. The summed E-state index contributed by atoms with van der Waals surface area (Å²) >= 11 is 5.13. The minimum Gasteiger partial charge on any atom is -0.224 e.